The highest BCUT2D eigenvalue weighted by Gasteiger charge is 2.40. The van der Waals surface area contributed by atoms with Crippen molar-refractivity contribution in [2.75, 3.05) is 0 Å². The molecule has 0 atom stereocenters. The summed E-state index contributed by atoms with van der Waals surface area (Å²) >= 11 is 0. The number of phenolic OH excluding ortho intramolecular Hbond substituents is 2. The van der Waals surface area contributed by atoms with E-state index in [4.69, 9.17) is 0 Å². The first kappa shape index (κ1) is 26.8. The van der Waals surface area contributed by atoms with Crippen LogP contribution in [0.4, 0.5) is 0 Å². The number of aromatic nitrogens is 2. The highest BCUT2D eigenvalue weighted by atomic mass is 16.3. The van der Waals surface area contributed by atoms with Crippen LogP contribution in [0.5, 0.6) is 11.5 Å². The van der Waals surface area contributed by atoms with Gasteiger partial charge in [0.05, 0.1) is 22.1 Å². The first-order valence-electron chi connectivity index (χ1n) is 15.5. The van der Waals surface area contributed by atoms with Crippen LogP contribution in [0.1, 0.15) is 23.0 Å². The van der Waals surface area contributed by atoms with E-state index in [9.17, 15) is 20.4 Å². The fourth-order valence-corrected chi connectivity index (χ4v) is 7.69. The van der Waals surface area contributed by atoms with Crippen molar-refractivity contribution >= 4 is 43.6 Å². The topological polar surface area (TPSA) is 96.4 Å². The number of hydrogen-bond acceptors (Lipinski definition) is 4. The molecule has 0 spiro atoms. The minimum atomic E-state index is -1.31. The number of phenols is 2. The van der Waals surface area contributed by atoms with Crippen LogP contribution in [-0.2, 0) is 0 Å². The number of para-hydroxylation sites is 4. The lowest BCUT2D eigenvalue weighted by atomic mass is 9.63. The molecule has 0 aliphatic heterocycles. The lowest BCUT2D eigenvalue weighted by Gasteiger charge is -2.61. The van der Waals surface area contributed by atoms with Gasteiger partial charge in [0, 0.05) is 45.1 Å². The lowest BCUT2D eigenvalue weighted by Crippen LogP contribution is -2.63. The van der Waals surface area contributed by atoms with Crippen LogP contribution in [0.2, 0.25) is 0 Å². The van der Waals surface area contributed by atoms with E-state index in [0.717, 1.165) is 55.0 Å². The zero-order valence-corrected chi connectivity index (χ0v) is 24.6. The van der Waals surface area contributed by atoms with E-state index in [0.29, 0.717) is 11.1 Å². The van der Waals surface area contributed by atoms with Crippen LogP contribution in [-0.4, -0.2) is 31.6 Å². The lowest BCUT2D eigenvalue weighted by molar-refractivity contribution is -0.536. The standard InChI is InChI=1S/C40H28N2O4/c43-35-21-23(41-31-13-5-1-9-25(31)26-10-2-6-14-32(26)41)17-19-29(35)37-39(45)38(40(37)46)30-20-18-24(22-36(30)44)42-33-15-7-3-11-27(33)28-12-4-8-16-34(28)42/h1-22,37-40,43-44H/q-2. The van der Waals surface area contributed by atoms with E-state index in [1.807, 2.05) is 84.9 Å². The van der Waals surface area contributed by atoms with Gasteiger partial charge in [0.15, 0.2) is 0 Å². The molecule has 1 fully saturated rings. The fraction of sp³-hybridized carbons (Fsp3) is 0.100. The summed E-state index contributed by atoms with van der Waals surface area (Å²) in [6.07, 6.45) is -2.62. The quantitative estimate of drug-likeness (QED) is 0.237. The van der Waals surface area contributed by atoms with E-state index in [1.165, 1.54) is 0 Å². The maximum atomic E-state index is 13.7. The molecule has 224 valence electrons. The van der Waals surface area contributed by atoms with Crippen molar-refractivity contribution in [2.45, 2.75) is 24.0 Å². The summed E-state index contributed by atoms with van der Waals surface area (Å²) < 4.78 is 4.16. The predicted molar refractivity (Wildman–Crippen MR) is 178 cm³/mol. The van der Waals surface area contributed by atoms with Gasteiger partial charge in [-0.2, -0.15) is 0 Å². The van der Waals surface area contributed by atoms with Crippen molar-refractivity contribution < 1.29 is 20.4 Å². The van der Waals surface area contributed by atoms with Gasteiger partial charge in [-0.25, -0.2) is 0 Å². The molecular weight excluding hydrogens is 572 g/mol. The Kier molecular flexibility index (Phi) is 5.81. The van der Waals surface area contributed by atoms with E-state index in [2.05, 4.69) is 33.4 Å². The average molecular weight is 601 g/mol. The Labute approximate surface area is 264 Å². The van der Waals surface area contributed by atoms with Gasteiger partial charge in [-0.1, -0.05) is 84.9 Å². The molecular formula is C40H28N2O4-2. The van der Waals surface area contributed by atoms with Crippen molar-refractivity contribution in [3.63, 3.8) is 0 Å². The summed E-state index contributed by atoms with van der Waals surface area (Å²) in [5.41, 5.74) is 6.20. The SMILES string of the molecule is [O-]C1C(c2ccc(-n3c4ccccc4c4ccccc43)cc2O)C([O-])C1c1ccc(-n2c3ccccc3c3ccccc32)cc1O. The number of hydrogen-bond donors (Lipinski definition) is 2. The van der Waals surface area contributed by atoms with Crippen LogP contribution < -0.4 is 10.2 Å². The average Bonchev–Trinajstić information content (AvgIpc) is 3.60. The molecule has 8 aromatic rings. The number of aromatic hydroxyl groups is 2. The molecule has 2 N–H and O–H groups in total. The summed E-state index contributed by atoms with van der Waals surface area (Å²) in [6.45, 7) is 0. The third-order valence-corrected chi connectivity index (χ3v) is 9.84. The third-order valence-electron chi connectivity index (χ3n) is 9.84. The minimum Gasteiger partial charge on any atom is -0.851 e. The second-order valence-corrected chi connectivity index (χ2v) is 12.2. The van der Waals surface area contributed by atoms with E-state index in [1.54, 1.807) is 24.3 Å². The zero-order chi connectivity index (χ0) is 31.1. The Morgan fingerprint density at radius 2 is 0.717 bits per heavy atom. The highest BCUT2D eigenvalue weighted by Crippen LogP contribution is 2.50. The first-order valence-corrected chi connectivity index (χ1v) is 15.5. The molecule has 0 bridgehead atoms. The summed E-state index contributed by atoms with van der Waals surface area (Å²) in [6, 6.07) is 42.8. The summed E-state index contributed by atoms with van der Waals surface area (Å²) in [4.78, 5) is 0. The molecule has 0 radical (unpaired) electrons. The van der Waals surface area contributed by atoms with Gasteiger partial charge in [-0.15, -0.1) is 12.2 Å². The number of fused-ring (bicyclic) bond motifs is 6. The van der Waals surface area contributed by atoms with Crippen molar-refractivity contribution in [1.82, 2.24) is 9.13 Å². The smallest absolute Gasteiger partial charge is 0.121 e. The molecule has 1 aliphatic rings. The molecule has 6 aromatic carbocycles. The van der Waals surface area contributed by atoms with Crippen LogP contribution >= 0.6 is 0 Å². The summed E-state index contributed by atoms with van der Waals surface area (Å²) in [5.74, 6) is -1.99. The Bertz CT molecular complexity index is 2190. The number of rotatable bonds is 4. The summed E-state index contributed by atoms with van der Waals surface area (Å²) in [7, 11) is 0. The molecule has 2 aromatic heterocycles. The molecule has 46 heavy (non-hydrogen) atoms. The molecule has 1 aliphatic carbocycles. The maximum Gasteiger partial charge on any atom is 0.121 e. The molecule has 6 heteroatoms. The minimum absolute atomic E-state index is 0.0737. The molecule has 6 nitrogen and oxygen atoms in total. The zero-order valence-electron chi connectivity index (χ0n) is 24.6. The van der Waals surface area contributed by atoms with Crippen molar-refractivity contribution in [3.8, 4) is 22.9 Å². The van der Waals surface area contributed by atoms with Gasteiger partial charge >= 0.3 is 0 Å². The largest absolute Gasteiger partial charge is 0.851 e. The molecule has 0 amide bonds. The molecule has 9 rings (SSSR count). The van der Waals surface area contributed by atoms with E-state index < -0.39 is 24.0 Å². The Morgan fingerprint density at radius 1 is 0.413 bits per heavy atom. The summed E-state index contributed by atoms with van der Waals surface area (Å²) in [5, 5.41) is 54.1. The van der Waals surface area contributed by atoms with Gasteiger partial charge in [-0.3, -0.25) is 0 Å². The second-order valence-electron chi connectivity index (χ2n) is 12.2. The molecule has 0 saturated heterocycles. The first-order chi connectivity index (χ1) is 22.5. The monoisotopic (exact) mass is 600 g/mol. The van der Waals surface area contributed by atoms with Gasteiger partial charge in [-0.05, 0) is 59.4 Å². The van der Waals surface area contributed by atoms with Gasteiger partial charge in [0.2, 0.25) is 0 Å². The third kappa shape index (κ3) is 3.71. The van der Waals surface area contributed by atoms with Gasteiger partial charge in [0.1, 0.15) is 11.5 Å². The van der Waals surface area contributed by atoms with Crippen LogP contribution in [0, 0.1) is 0 Å². The van der Waals surface area contributed by atoms with Gasteiger partial charge < -0.3 is 29.6 Å². The predicted octanol–water partition coefficient (Wildman–Crippen LogP) is 6.63. The van der Waals surface area contributed by atoms with Crippen molar-refractivity contribution in [1.29, 1.82) is 0 Å². The van der Waals surface area contributed by atoms with Crippen molar-refractivity contribution in [3.05, 3.63) is 145 Å². The van der Waals surface area contributed by atoms with E-state index in [-0.39, 0.29) is 11.5 Å². The van der Waals surface area contributed by atoms with Crippen LogP contribution in [0.15, 0.2) is 133 Å². The Hall–Kier alpha value is -5.56. The highest BCUT2D eigenvalue weighted by molar-refractivity contribution is 6.10. The van der Waals surface area contributed by atoms with Crippen LogP contribution in [0.25, 0.3) is 55.0 Å². The number of benzene rings is 6. The Morgan fingerprint density at radius 3 is 1.02 bits per heavy atom. The normalized spacial score (nSPS) is 19.7. The van der Waals surface area contributed by atoms with Gasteiger partial charge in [0.25, 0.3) is 0 Å². The number of nitrogens with zero attached hydrogens (tertiary/aromatic N) is 2. The fourth-order valence-electron chi connectivity index (χ4n) is 7.69. The molecule has 1 saturated carbocycles. The Balaban J connectivity index is 1.05. The maximum absolute atomic E-state index is 13.7. The van der Waals surface area contributed by atoms with Crippen molar-refractivity contribution in [2.24, 2.45) is 0 Å². The van der Waals surface area contributed by atoms with Crippen LogP contribution in [0.3, 0.4) is 0 Å². The molecule has 2 heterocycles. The van der Waals surface area contributed by atoms with E-state index >= 15 is 0 Å². The molecule has 0 unspecified atom stereocenters. The second kappa shape index (κ2) is 9.97.